The standard InChI is InChI=1S/C17H23N5O2/c1-12-16-18-9-14(11-24-10-13-3-4-13)22(16)8-7-21(12)17(23)15-5-6-19-20(15)2/h5-6,9,12-13H,3-4,7-8,10-11H2,1-2H3/t12-/m0/s1. The number of nitrogens with zero attached hydrogens (tertiary/aromatic N) is 5. The molecule has 0 aromatic carbocycles. The average Bonchev–Trinajstić information content (AvgIpc) is 3.14. The van der Waals surface area contributed by atoms with Crippen LogP contribution in [-0.4, -0.2) is 43.3 Å². The summed E-state index contributed by atoms with van der Waals surface area (Å²) in [5.41, 5.74) is 1.71. The van der Waals surface area contributed by atoms with Crippen molar-refractivity contribution in [3.8, 4) is 0 Å². The van der Waals surface area contributed by atoms with Crippen LogP contribution < -0.4 is 0 Å². The summed E-state index contributed by atoms with van der Waals surface area (Å²) in [5, 5.41) is 4.09. The van der Waals surface area contributed by atoms with Crippen LogP contribution in [0.25, 0.3) is 0 Å². The van der Waals surface area contributed by atoms with Crippen LogP contribution >= 0.6 is 0 Å². The number of amides is 1. The number of hydrogen-bond acceptors (Lipinski definition) is 4. The van der Waals surface area contributed by atoms with Gasteiger partial charge in [-0.05, 0) is 31.7 Å². The molecule has 128 valence electrons. The molecule has 0 N–H and O–H groups in total. The van der Waals surface area contributed by atoms with Crippen LogP contribution in [0.3, 0.4) is 0 Å². The average molecular weight is 329 g/mol. The van der Waals surface area contributed by atoms with E-state index in [1.54, 1.807) is 24.0 Å². The van der Waals surface area contributed by atoms with Gasteiger partial charge in [-0.2, -0.15) is 5.10 Å². The Labute approximate surface area is 141 Å². The van der Waals surface area contributed by atoms with Gasteiger partial charge in [0.1, 0.15) is 11.5 Å². The molecule has 24 heavy (non-hydrogen) atoms. The summed E-state index contributed by atoms with van der Waals surface area (Å²) < 4.78 is 9.62. The van der Waals surface area contributed by atoms with Gasteiger partial charge in [-0.15, -0.1) is 0 Å². The van der Waals surface area contributed by atoms with E-state index in [0.29, 0.717) is 18.8 Å². The number of fused-ring (bicyclic) bond motifs is 1. The molecule has 0 bridgehead atoms. The largest absolute Gasteiger partial charge is 0.375 e. The number of hydrogen-bond donors (Lipinski definition) is 0. The molecule has 0 saturated heterocycles. The molecular weight excluding hydrogens is 306 g/mol. The summed E-state index contributed by atoms with van der Waals surface area (Å²) in [7, 11) is 1.79. The highest BCUT2D eigenvalue weighted by atomic mass is 16.5. The third kappa shape index (κ3) is 2.73. The van der Waals surface area contributed by atoms with Crippen LogP contribution in [0, 0.1) is 5.92 Å². The number of ether oxygens (including phenoxy) is 1. The highest BCUT2D eigenvalue weighted by Gasteiger charge is 2.32. The van der Waals surface area contributed by atoms with Gasteiger partial charge >= 0.3 is 0 Å². The molecule has 1 fully saturated rings. The van der Waals surface area contributed by atoms with Crippen molar-refractivity contribution in [1.82, 2.24) is 24.2 Å². The number of aromatic nitrogens is 4. The molecule has 1 atom stereocenters. The summed E-state index contributed by atoms with van der Waals surface area (Å²) in [5.74, 6) is 1.70. The van der Waals surface area contributed by atoms with Crippen LogP contribution in [0.2, 0.25) is 0 Å². The first-order chi connectivity index (χ1) is 11.6. The van der Waals surface area contributed by atoms with Gasteiger partial charge in [0, 0.05) is 32.9 Å². The molecule has 4 rings (SSSR count). The molecule has 1 amide bonds. The van der Waals surface area contributed by atoms with E-state index in [9.17, 15) is 4.79 Å². The van der Waals surface area contributed by atoms with Crippen molar-refractivity contribution in [2.75, 3.05) is 13.2 Å². The maximum Gasteiger partial charge on any atom is 0.272 e. The summed E-state index contributed by atoms with van der Waals surface area (Å²) >= 11 is 0. The van der Waals surface area contributed by atoms with Crippen molar-refractivity contribution >= 4 is 5.91 Å². The lowest BCUT2D eigenvalue weighted by molar-refractivity contribution is 0.0615. The van der Waals surface area contributed by atoms with Crippen molar-refractivity contribution in [3.63, 3.8) is 0 Å². The summed E-state index contributed by atoms with van der Waals surface area (Å²) in [4.78, 5) is 19.2. The fourth-order valence-corrected chi connectivity index (χ4v) is 3.30. The first kappa shape index (κ1) is 15.4. The molecule has 0 unspecified atom stereocenters. The number of aryl methyl sites for hydroxylation is 1. The quantitative estimate of drug-likeness (QED) is 0.838. The molecule has 3 heterocycles. The second-order valence-electron chi connectivity index (χ2n) is 6.73. The smallest absolute Gasteiger partial charge is 0.272 e. The highest BCUT2D eigenvalue weighted by Crippen LogP contribution is 2.30. The maximum atomic E-state index is 12.8. The Bertz CT molecular complexity index is 746. The Morgan fingerprint density at radius 2 is 2.21 bits per heavy atom. The van der Waals surface area contributed by atoms with Crippen LogP contribution in [0.15, 0.2) is 18.5 Å². The lowest BCUT2D eigenvalue weighted by atomic mass is 10.2. The monoisotopic (exact) mass is 329 g/mol. The molecule has 7 nitrogen and oxygen atoms in total. The fraction of sp³-hybridized carbons (Fsp3) is 0.588. The summed E-state index contributed by atoms with van der Waals surface area (Å²) in [6, 6.07) is 1.70. The minimum atomic E-state index is -0.0571. The van der Waals surface area contributed by atoms with Gasteiger partial charge in [0.15, 0.2) is 0 Å². The minimum absolute atomic E-state index is 0.00304. The topological polar surface area (TPSA) is 65.2 Å². The van der Waals surface area contributed by atoms with Gasteiger partial charge in [-0.25, -0.2) is 4.98 Å². The van der Waals surface area contributed by atoms with Crippen LogP contribution in [0.4, 0.5) is 0 Å². The Morgan fingerprint density at radius 1 is 1.38 bits per heavy atom. The second-order valence-corrected chi connectivity index (χ2v) is 6.73. The van der Waals surface area contributed by atoms with E-state index in [1.807, 2.05) is 18.0 Å². The van der Waals surface area contributed by atoms with E-state index < -0.39 is 0 Å². The zero-order valence-corrected chi connectivity index (χ0v) is 14.2. The Kier molecular flexibility index (Phi) is 3.88. The Hall–Kier alpha value is -2.15. The third-order valence-electron chi connectivity index (χ3n) is 4.98. The zero-order chi connectivity index (χ0) is 16.7. The molecule has 2 aliphatic rings. The predicted molar refractivity (Wildman–Crippen MR) is 87.3 cm³/mol. The van der Waals surface area contributed by atoms with Crippen molar-refractivity contribution in [2.45, 2.75) is 39.0 Å². The number of carbonyl (C=O) groups excluding carboxylic acids is 1. The molecule has 0 radical (unpaired) electrons. The molecule has 2 aromatic rings. The van der Waals surface area contributed by atoms with Crippen LogP contribution in [-0.2, 0) is 24.9 Å². The van der Waals surface area contributed by atoms with Crippen molar-refractivity contribution < 1.29 is 9.53 Å². The van der Waals surface area contributed by atoms with Gasteiger partial charge < -0.3 is 14.2 Å². The first-order valence-corrected chi connectivity index (χ1v) is 8.56. The highest BCUT2D eigenvalue weighted by molar-refractivity contribution is 5.92. The second kappa shape index (κ2) is 6.05. The normalized spacial score (nSPS) is 20.2. The molecule has 1 saturated carbocycles. The molecule has 7 heteroatoms. The van der Waals surface area contributed by atoms with Crippen LogP contribution in [0.5, 0.6) is 0 Å². The SMILES string of the molecule is C[C@H]1c2ncc(COCC3CC3)n2CCN1C(=O)c1ccnn1C. The van der Waals surface area contributed by atoms with Gasteiger partial charge in [0.05, 0.1) is 24.5 Å². The van der Waals surface area contributed by atoms with E-state index >= 15 is 0 Å². The summed E-state index contributed by atoms with van der Waals surface area (Å²) in [6.45, 7) is 4.91. The Balaban J connectivity index is 1.48. The molecule has 1 aliphatic carbocycles. The molecule has 2 aromatic heterocycles. The lowest BCUT2D eigenvalue weighted by Crippen LogP contribution is -2.42. The fourth-order valence-electron chi connectivity index (χ4n) is 3.30. The number of imidazole rings is 1. The van der Waals surface area contributed by atoms with Crippen molar-refractivity contribution in [1.29, 1.82) is 0 Å². The van der Waals surface area contributed by atoms with Gasteiger partial charge in [-0.1, -0.05) is 0 Å². The van der Waals surface area contributed by atoms with Gasteiger partial charge in [0.2, 0.25) is 0 Å². The molecule has 1 aliphatic heterocycles. The van der Waals surface area contributed by atoms with Gasteiger partial charge in [-0.3, -0.25) is 9.48 Å². The lowest BCUT2D eigenvalue weighted by Gasteiger charge is -2.34. The third-order valence-corrected chi connectivity index (χ3v) is 4.98. The number of carbonyl (C=O) groups is 1. The van der Waals surface area contributed by atoms with E-state index in [4.69, 9.17) is 4.74 Å². The minimum Gasteiger partial charge on any atom is -0.375 e. The maximum absolute atomic E-state index is 12.8. The van der Waals surface area contributed by atoms with Crippen molar-refractivity contribution in [2.24, 2.45) is 13.0 Å². The zero-order valence-electron chi connectivity index (χ0n) is 14.2. The Morgan fingerprint density at radius 3 is 2.92 bits per heavy atom. The van der Waals surface area contributed by atoms with E-state index in [0.717, 1.165) is 30.6 Å². The van der Waals surface area contributed by atoms with E-state index in [2.05, 4.69) is 14.6 Å². The van der Waals surface area contributed by atoms with E-state index in [1.165, 1.54) is 12.8 Å². The predicted octanol–water partition coefficient (Wildman–Crippen LogP) is 1.76. The number of rotatable bonds is 5. The summed E-state index contributed by atoms with van der Waals surface area (Å²) in [6.07, 6.45) is 6.13. The van der Waals surface area contributed by atoms with E-state index in [-0.39, 0.29) is 11.9 Å². The first-order valence-electron chi connectivity index (χ1n) is 8.56. The van der Waals surface area contributed by atoms with Crippen LogP contribution in [0.1, 0.15) is 47.8 Å². The van der Waals surface area contributed by atoms with Gasteiger partial charge in [0.25, 0.3) is 5.91 Å². The molecular formula is C17H23N5O2. The molecule has 0 spiro atoms. The van der Waals surface area contributed by atoms with Crippen molar-refractivity contribution in [3.05, 3.63) is 35.7 Å².